The molecule has 2 aromatic rings. The molecule has 0 bridgehead atoms. The predicted molar refractivity (Wildman–Crippen MR) is 100 cm³/mol. The summed E-state index contributed by atoms with van der Waals surface area (Å²) >= 11 is 0. The van der Waals surface area contributed by atoms with Crippen LogP contribution in [0, 0.1) is 32.1 Å². The van der Waals surface area contributed by atoms with Crippen molar-refractivity contribution in [3.05, 3.63) is 70.3 Å². The molecule has 0 heterocycles. The summed E-state index contributed by atoms with van der Waals surface area (Å²) < 4.78 is 4.95. The van der Waals surface area contributed by atoms with Crippen LogP contribution >= 0.6 is 0 Å². The molecule has 0 saturated carbocycles. The Labute approximate surface area is 152 Å². The minimum atomic E-state index is -0.829. The molecule has 0 saturated heterocycles. The van der Waals surface area contributed by atoms with Gasteiger partial charge in [0, 0.05) is 5.69 Å². The highest BCUT2D eigenvalue weighted by Gasteiger charge is 2.14. The highest BCUT2D eigenvalue weighted by molar-refractivity contribution is 6.00. The van der Waals surface area contributed by atoms with Gasteiger partial charge in [-0.3, -0.25) is 4.79 Å². The Morgan fingerprint density at radius 2 is 1.81 bits per heavy atom. The van der Waals surface area contributed by atoms with Crippen LogP contribution in [0.25, 0.3) is 6.08 Å². The van der Waals surface area contributed by atoms with Crippen molar-refractivity contribution >= 4 is 23.6 Å². The molecule has 0 aromatic heterocycles. The number of nitrogens with one attached hydrogen (secondary N) is 1. The summed E-state index contributed by atoms with van der Waals surface area (Å²) in [7, 11) is 0. The Hall–Kier alpha value is -3.39. The molecule has 1 amide bonds. The number of hydrogen-bond donors (Lipinski definition) is 1. The van der Waals surface area contributed by atoms with E-state index in [1.165, 1.54) is 6.08 Å². The van der Waals surface area contributed by atoms with E-state index in [0.29, 0.717) is 11.3 Å². The summed E-state index contributed by atoms with van der Waals surface area (Å²) in [6.07, 6.45) is 1.43. The van der Waals surface area contributed by atoms with E-state index in [-0.39, 0.29) is 5.57 Å². The summed E-state index contributed by atoms with van der Waals surface area (Å²) in [6, 6.07) is 14.7. The molecule has 132 valence electrons. The Morgan fingerprint density at radius 3 is 2.46 bits per heavy atom. The first-order chi connectivity index (χ1) is 12.4. The number of nitriles is 1. The van der Waals surface area contributed by atoms with Crippen molar-refractivity contribution in [2.75, 3.05) is 11.9 Å². The Bertz CT molecular complexity index is 890. The van der Waals surface area contributed by atoms with Gasteiger partial charge in [0.15, 0.2) is 6.61 Å². The van der Waals surface area contributed by atoms with E-state index in [1.807, 2.05) is 51.1 Å². The van der Waals surface area contributed by atoms with Gasteiger partial charge in [-0.05, 0) is 49.6 Å². The molecule has 0 aliphatic carbocycles. The van der Waals surface area contributed by atoms with Crippen molar-refractivity contribution < 1.29 is 14.3 Å². The molecule has 1 N–H and O–H groups in total. The normalized spacial score (nSPS) is 10.8. The van der Waals surface area contributed by atoms with E-state index in [2.05, 4.69) is 5.32 Å². The van der Waals surface area contributed by atoms with Crippen LogP contribution in [0.4, 0.5) is 5.69 Å². The maximum Gasteiger partial charge on any atom is 0.349 e. The zero-order chi connectivity index (χ0) is 19.1. The van der Waals surface area contributed by atoms with E-state index < -0.39 is 18.5 Å². The van der Waals surface area contributed by atoms with Crippen molar-refractivity contribution in [1.29, 1.82) is 5.26 Å². The van der Waals surface area contributed by atoms with Gasteiger partial charge in [-0.1, -0.05) is 42.0 Å². The number of hydrogen-bond acceptors (Lipinski definition) is 4. The molecule has 0 spiro atoms. The molecule has 0 fully saturated rings. The van der Waals surface area contributed by atoms with E-state index in [4.69, 9.17) is 10.00 Å². The first-order valence-corrected chi connectivity index (χ1v) is 8.12. The molecule has 0 aliphatic heterocycles. The Balaban J connectivity index is 1.98. The third-order valence-corrected chi connectivity index (χ3v) is 3.94. The summed E-state index contributed by atoms with van der Waals surface area (Å²) in [6.45, 7) is 5.33. The molecule has 2 aromatic carbocycles. The summed E-state index contributed by atoms with van der Waals surface area (Å²) in [5.41, 5.74) is 4.29. The predicted octanol–water partition coefficient (Wildman–Crippen LogP) is 3.70. The van der Waals surface area contributed by atoms with Gasteiger partial charge in [0.2, 0.25) is 0 Å². The number of carbonyl (C=O) groups is 2. The number of nitrogens with zero attached hydrogens (tertiary/aromatic N) is 1. The second-order valence-electron chi connectivity index (χ2n) is 5.95. The van der Waals surface area contributed by atoms with Crippen molar-refractivity contribution in [2.24, 2.45) is 0 Å². The van der Waals surface area contributed by atoms with Gasteiger partial charge >= 0.3 is 5.97 Å². The maximum absolute atomic E-state index is 12.0. The number of ether oxygens (including phenoxy) is 1. The van der Waals surface area contributed by atoms with Gasteiger partial charge in [0.1, 0.15) is 11.6 Å². The quantitative estimate of drug-likeness (QED) is 0.508. The third-order valence-electron chi connectivity index (χ3n) is 3.94. The van der Waals surface area contributed by atoms with Crippen LogP contribution in [-0.4, -0.2) is 18.5 Å². The van der Waals surface area contributed by atoms with E-state index in [0.717, 1.165) is 16.7 Å². The minimum Gasteiger partial charge on any atom is -0.451 e. The molecule has 26 heavy (non-hydrogen) atoms. The van der Waals surface area contributed by atoms with Crippen molar-refractivity contribution in [3.63, 3.8) is 0 Å². The number of anilines is 1. The van der Waals surface area contributed by atoms with Gasteiger partial charge in [-0.15, -0.1) is 0 Å². The standard InChI is InChI=1S/C21H20N2O3/c1-14-7-9-17(10-8-14)11-18(12-22)21(25)26-13-20(24)23-19-6-4-5-15(2)16(19)3/h4-11H,13H2,1-3H3,(H,23,24)/b18-11+. The van der Waals surface area contributed by atoms with Crippen LogP contribution in [0.5, 0.6) is 0 Å². The molecular formula is C21H20N2O3. The lowest BCUT2D eigenvalue weighted by Gasteiger charge is -2.10. The van der Waals surface area contributed by atoms with Gasteiger partial charge in [0.05, 0.1) is 0 Å². The smallest absolute Gasteiger partial charge is 0.349 e. The summed E-state index contributed by atoms with van der Waals surface area (Å²) in [4.78, 5) is 24.0. The van der Waals surface area contributed by atoms with Crippen LogP contribution in [0.3, 0.4) is 0 Å². The third kappa shape index (κ3) is 5.05. The number of aryl methyl sites for hydroxylation is 2. The SMILES string of the molecule is Cc1ccc(/C=C(\C#N)C(=O)OCC(=O)Nc2cccc(C)c2C)cc1. The molecular weight excluding hydrogens is 328 g/mol. The van der Waals surface area contributed by atoms with Crippen LogP contribution in [0.2, 0.25) is 0 Å². The lowest BCUT2D eigenvalue weighted by atomic mass is 10.1. The lowest BCUT2D eigenvalue weighted by Crippen LogP contribution is -2.21. The number of rotatable bonds is 5. The first-order valence-electron chi connectivity index (χ1n) is 8.12. The second-order valence-corrected chi connectivity index (χ2v) is 5.95. The molecule has 2 rings (SSSR count). The van der Waals surface area contributed by atoms with E-state index in [9.17, 15) is 9.59 Å². The fourth-order valence-electron chi connectivity index (χ4n) is 2.25. The first kappa shape index (κ1) is 18.9. The Kier molecular flexibility index (Phi) is 6.29. The van der Waals surface area contributed by atoms with Crippen molar-refractivity contribution in [2.45, 2.75) is 20.8 Å². The van der Waals surface area contributed by atoms with Gasteiger partial charge < -0.3 is 10.1 Å². The van der Waals surface area contributed by atoms with Crippen LogP contribution in [-0.2, 0) is 14.3 Å². The number of amides is 1. The zero-order valence-corrected chi connectivity index (χ0v) is 15.0. The van der Waals surface area contributed by atoms with Crippen molar-refractivity contribution in [3.8, 4) is 6.07 Å². The lowest BCUT2D eigenvalue weighted by molar-refractivity contribution is -0.142. The zero-order valence-electron chi connectivity index (χ0n) is 15.0. The van der Waals surface area contributed by atoms with Gasteiger partial charge in [0.25, 0.3) is 5.91 Å². The van der Waals surface area contributed by atoms with Gasteiger partial charge in [-0.2, -0.15) is 5.26 Å². The summed E-state index contributed by atoms with van der Waals surface area (Å²) in [5, 5.41) is 11.9. The molecule has 0 radical (unpaired) electrons. The number of carbonyl (C=O) groups excluding carboxylic acids is 2. The van der Waals surface area contributed by atoms with Crippen LogP contribution in [0.1, 0.15) is 22.3 Å². The van der Waals surface area contributed by atoms with Crippen molar-refractivity contribution in [1.82, 2.24) is 0 Å². The fourth-order valence-corrected chi connectivity index (χ4v) is 2.25. The van der Waals surface area contributed by atoms with E-state index in [1.54, 1.807) is 18.2 Å². The minimum absolute atomic E-state index is 0.159. The largest absolute Gasteiger partial charge is 0.451 e. The molecule has 0 atom stereocenters. The highest BCUT2D eigenvalue weighted by Crippen LogP contribution is 2.17. The fraction of sp³-hybridized carbons (Fsp3) is 0.190. The van der Waals surface area contributed by atoms with Gasteiger partial charge in [-0.25, -0.2) is 4.79 Å². The molecule has 0 unspecified atom stereocenters. The maximum atomic E-state index is 12.0. The average Bonchev–Trinajstić information content (AvgIpc) is 2.63. The highest BCUT2D eigenvalue weighted by atomic mass is 16.5. The van der Waals surface area contributed by atoms with Crippen LogP contribution < -0.4 is 5.32 Å². The number of benzene rings is 2. The molecule has 5 nitrogen and oxygen atoms in total. The summed E-state index contributed by atoms with van der Waals surface area (Å²) in [5.74, 6) is -1.29. The average molecular weight is 348 g/mol. The molecule has 5 heteroatoms. The van der Waals surface area contributed by atoms with E-state index >= 15 is 0 Å². The monoisotopic (exact) mass is 348 g/mol. The Morgan fingerprint density at radius 1 is 1.12 bits per heavy atom. The van der Waals surface area contributed by atoms with Crippen LogP contribution in [0.15, 0.2) is 48.0 Å². The molecule has 0 aliphatic rings. The topological polar surface area (TPSA) is 79.2 Å². The second kappa shape index (κ2) is 8.63. The number of esters is 1.